The van der Waals surface area contributed by atoms with Gasteiger partial charge in [0.1, 0.15) is 6.17 Å². The van der Waals surface area contributed by atoms with Gasteiger partial charge in [0.05, 0.1) is 6.04 Å². The Morgan fingerprint density at radius 1 is 1.29 bits per heavy atom. The maximum absolute atomic E-state index is 13.5. The van der Waals surface area contributed by atoms with Crippen molar-refractivity contribution in [1.82, 2.24) is 10.2 Å². The van der Waals surface area contributed by atoms with Crippen LogP contribution in [0, 0.1) is 23.5 Å². The van der Waals surface area contributed by atoms with Gasteiger partial charge in [0, 0.05) is 6.04 Å². The average molecular weight is 294 g/mol. The summed E-state index contributed by atoms with van der Waals surface area (Å²) >= 11 is 0. The number of halogens is 2. The van der Waals surface area contributed by atoms with Gasteiger partial charge in [-0.3, -0.25) is 10.1 Å². The fourth-order valence-electron chi connectivity index (χ4n) is 3.07. The molecule has 0 spiro atoms. The molecule has 3 rings (SSSR count). The third-order valence-corrected chi connectivity index (χ3v) is 4.49. The van der Waals surface area contributed by atoms with Crippen LogP contribution >= 0.6 is 0 Å². The smallest absolute Gasteiger partial charge is 0.241 e. The number of amides is 1. The minimum absolute atomic E-state index is 0.0640. The lowest BCUT2D eigenvalue weighted by atomic mass is 10.1. The van der Waals surface area contributed by atoms with Crippen molar-refractivity contribution in [3.63, 3.8) is 0 Å². The fourth-order valence-corrected chi connectivity index (χ4v) is 3.07. The number of rotatable bonds is 3. The van der Waals surface area contributed by atoms with Crippen LogP contribution in [0.3, 0.4) is 0 Å². The molecule has 1 heterocycles. The van der Waals surface area contributed by atoms with E-state index < -0.39 is 11.6 Å². The van der Waals surface area contributed by atoms with E-state index in [-0.39, 0.29) is 30.1 Å². The van der Waals surface area contributed by atoms with Crippen molar-refractivity contribution in [2.24, 2.45) is 11.8 Å². The highest BCUT2D eigenvalue weighted by molar-refractivity contribution is 5.85. The van der Waals surface area contributed by atoms with Crippen molar-refractivity contribution in [3.8, 4) is 0 Å². The van der Waals surface area contributed by atoms with E-state index in [0.29, 0.717) is 11.5 Å². The summed E-state index contributed by atoms with van der Waals surface area (Å²) in [5.74, 6) is -1.05. The molecule has 1 aliphatic carbocycles. The summed E-state index contributed by atoms with van der Waals surface area (Å²) in [6.07, 6.45) is 0.605. The van der Waals surface area contributed by atoms with Crippen LogP contribution in [0.5, 0.6) is 0 Å². The highest BCUT2D eigenvalue weighted by Gasteiger charge is 2.50. The van der Waals surface area contributed by atoms with Crippen molar-refractivity contribution in [2.75, 3.05) is 0 Å². The lowest BCUT2D eigenvalue weighted by molar-refractivity contribution is -0.131. The van der Waals surface area contributed by atoms with Crippen molar-refractivity contribution in [2.45, 2.75) is 45.4 Å². The number of nitrogens with zero attached hydrogens (tertiary/aromatic N) is 1. The van der Waals surface area contributed by atoms with Crippen LogP contribution in [-0.4, -0.2) is 22.9 Å². The molecule has 1 amide bonds. The molecule has 1 aromatic carbocycles. The van der Waals surface area contributed by atoms with Crippen LogP contribution in [0.2, 0.25) is 0 Å². The summed E-state index contributed by atoms with van der Waals surface area (Å²) in [5.41, 5.74) is 0.601. The molecular formula is C16H20F2N2O. The molecule has 4 atom stereocenters. The highest BCUT2D eigenvalue weighted by Crippen LogP contribution is 2.42. The van der Waals surface area contributed by atoms with E-state index in [2.05, 4.69) is 12.2 Å². The molecule has 3 nitrogen and oxygen atoms in total. The molecule has 1 saturated heterocycles. The zero-order valence-corrected chi connectivity index (χ0v) is 12.4. The second kappa shape index (κ2) is 5.05. The maximum atomic E-state index is 13.5. The first-order chi connectivity index (χ1) is 9.90. The first-order valence-electron chi connectivity index (χ1n) is 7.43. The van der Waals surface area contributed by atoms with Crippen LogP contribution in [0.25, 0.3) is 0 Å². The number of carbonyl (C=O) groups excluding carboxylic acids is 1. The molecule has 0 radical (unpaired) electrons. The number of nitrogens with one attached hydrogen (secondary N) is 1. The largest absolute Gasteiger partial charge is 0.318 e. The second-order valence-corrected chi connectivity index (χ2v) is 6.49. The number of benzene rings is 1. The molecular weight excluding hydrogens is 274 g/mol. The van der Waals surface area contributed by atoms with E-state index in [0.717, 1.165) is 12.5 Å². The van der Waals surface area contributed by atoms with Crippen molar-refractivity contribution < 1.29 is 13.6 Å². The Morgan fingerprint density at radius 3 is 2.48 bits per heavy atom. The Labute approximate surface area is 123 Å². The van der Waals surface area contributed by atoms with Crippen molar-refractivity contribution in [3.05, 3.63) is 35.4 Å². The zero-order valence-electron chi connectivity index (χ0n) is 12.4. The molecule has 0 bridgehead atoms. The number of hydrogen-bond acceptors (Lipinski definition) is 2. The average Bonchev–Trinajstić information content (AvgIpc) is 3.02. The Kier molecular flexibility index (Phi) is 3.48. The van der Waals surface area contributed by atoms with E-state index in [4.69, 9.17) is 0 Å². The SMILES string of the molecule is CC(C)C1NC(c2ccc(F)c(F)c2)N(C2CC2C)C1=O. The molecule has 2 aliphatic rings. The summed E-state index contributed by atoms with van der Waals surface area (Å²) in [6, 6.07) is 3.78. The highest BCUT2D eigenvalue weighted by atomic mass is 19.2. The molecule has 4 unspecified atom stereocenters. The summed E-state index contributed by atoms with van der Waals surface area (Å²) < 4.78 is 26.6. The van der Waals surface area contributed by atoms with Crippen LogP contribution < -0.4 is 5.32 Å². The standard InChI is InChI=1S/C16H20F2N2O/c1-8(2)14-16(21)20(13-6-9(13)3)15(19-14)10-4-5-11(17)12(18)7-10/h4-5,7-9,13-15,19H,6H2,1-3H3. The zero-order chi connectivity index (χ0) is 15.3. The third kappa shape index (κ3) is 2.44. The fraction of sp³-hybridized carbons (Fsp3) is 0.562. The van der Waals surface area contributed by atoms with Gasteiger partial charge in [-0.05, 0) is 36.0 Å². The Balaban J connectivity index is 1.94. The van der Waals surface area contributed by atoms with Gasteiger partial charge in [-0.2, -0.15) is 0 Å². The first-order valence-corrected chi connectivity index (χ1v) is 7.43. The Hall–Kier alpha value is -1.49. The van der Waals surface area contributed by atoms with Gasteiger partial charge in [0.2, 0.25) is 5.91 Å². The lowest BCUT2D eigenvalue weighted by Gasteiger charge is -2.25. The molecule has 114 valence electrons. The van der Waals surface area contributed by atoms with Crippen LogP contribution in [0.15, 0.2) is 18.2 Å². The molecule has 1 aliphatic heterocycles. The summed E-state index contributed by atoms with van der Waals surface area (Å²) in [5, 5.41) is 3.28. The van der Waals surface area contributed by atoms with Gasteiger partial charge < -0.3 is 4.90 Å². The van der Waals surface area contributed by atoms with E-state index in [9.17, 15) is 13.6 Å². The van der Waals surface area contributed by atoms with Gasteiger partial charge in [0.25, 0.3) is 0 Å². The normalized spacial score (nSPS) is 32.1. The minimum atomic E-state index is -0.876. The lowest BCUT2D eigenvalue weighted by Crippen LogP contribution is -2.35. The molecule has 1 aromatic rings. The van der Waals surface area contributed by atoms with Crippen LogP contribution in [-0.2, 0) is 4.79 Å². The van der Waals surface area contributed by atoms with Gasteiger partial charge >= 0.3 is 0 Å². The first kappa shape index (κ1) is 14.4. The third-order valence-electron chi connectivity index (χ3n) is 4.49. The molecule has 0 aromatic heterocycles. The van der Waals surface area contributed by atoms with Gasteiger partial charge in [-0.1, -0.05) is 26.8 Å². The van der Waals surface area contributed by atoms with Gasteiger partial charge in [-0.25, -0.2) is 8.78 Å². The minimum Gasteiger partial charge on any atom is -0.318 e. The van der Waals surface area contributed by atoms with Crippen molar-refractivity contribution >= 4 is 5.91 Å². The van der Waals surface area contributed by atoms with Crippen molar-refractivity contribution in [1.29, 1.82) is 0 Å². The molecule has 5 heteroatoms. The summed E-state index contributed by atoms with van der Waals surface area (Å²) in [4.78, 5) is 14.4. The predicted octanol–water partition coefficient (Wildman–Crippen LogP) is 2.83. The predicted molar refractivity (Wildman–Crippen MR) is 75.3 cm³/mol. The number of carbonyl (C=O) groups is 1. The second-order valence-electron chi connectivity index (χ2n) is 6.49. The maximum Gasteiger partial charge on any atom is 0.241 e. The topological polar surface area (TPSA) is 32.3 Å². The Morgan fingerprint density at radius 2 is 1.95 bits per heavy atom. The van der Waals surface area contributed by atoms with E-state index in [1.807, 2.05) is 18.7 Å². The van der Waals surface area contributed by atoms with Crippen LogP contribution in [0.1, 0.15) is 38.9 Å². The van der Waals surface area contributed by atoms with Crippen LogP contribution in [0.4, 0.5) is 8.78 Å². The Bertz CT molecular complexity index is 575. The quantitative estimate of drug-likeness (QED) is 0.929. The molecule has 2 fully saturated rings. The van der Waals surface area contributed by atoms with Gasteiger partial charge in [0.15, 0.2) is 11.6 Å². The monoisotopic (exact) mass is 294 g/mol. The summed E-state index contributed by atoms with van der Waals surface area (Å²) in [6.45, 7) is 6.07. The molecule has 1 saturated carbocycles. The molecule has 1 N–H and O–H groups in total. The molecule has 21 heavy (non-hydrogen) atoms. The van der Waals surface area contributed by atoms with Gasteiger partial charge in [-0.15, -0.1) is 0 Å². The van der Waals surface area contributed by atoms with E-state index in [1.165, 1.54) is 6.07 Å². The summed E-state index contributed by atoms with van der Waals surface area (Å²) in [7, 11) is 0. The number of hydrogen-bond donors (Lipinski definition) is 1. The van der Waals surface area contributed by atoms with E-state index >= 15 is 0 Å². The van der Waals surface area contributed by atoms with E-state index in [1.54, 1.807) is 6.07 Å².